The predicted molar refractivity (Wildman–Crippen MR) is 103 cm³/mol. The Morgan fingerprint density at radius 1 is 1.12 bits per heavy atom. The van der Waals surface area contributed by atoms with Gasteiger partial charge in [-0.2, -0.15) is 0 Å². The van der Waals surface area contributed by atoms with Crippen LogP contribution in [0.5, 0.6) is 5.75 Å². The zero-order valence-corrected chi connectivity index (χ0v) is 16.3. The number of carbonyl (C=O) groups excluding carboxylic acids is 1. The molecule has 0 aliphatic carbocycles. The van der Waals surface area contributed by atoms with E-state index in [4.69, 9.17) is 4.74 Å². The van der Waals surface area contributed by atoms with E-state index in [2.05, 4.69) is 5.32 Å². The van der Waals surface area contributed by atoms with Crippen molar-refractivity contribution in [2.45, 2.75) is 13.8 Å². The van der Waals surface area contributed by atoms with Gasteiger partial charge in [0.25, 0.3) is 5.91 Å². The first kappa shape index (κ1) is 19.8. The molecule has 0 spiro atoms. The van der Waals surface area contributed by atoms with Crippen LogP contribution in [0.1, 0.15) is 21.5 Å². The van der Waals surface area contributed by atoms with E-state index < -0.39 is 10.0 Å². The van der Waals surface area contributed by atoms with Gasteiger partial charge in [0.15, 0.2) is 0 Å². The molecular formula is C19H24N2O4S. The Labute approximate surface area is 154 Å². The fraction of sp³-hybridized carbons (Fsp3) is 0.316. The number of aryl methyl sites for hydroxylation is 2. The molecule has 0 bridgehead atoms. The van der Waals surface area contributed by atoms with Gasteiger partial charge in [-0.15, -0.1) is 0 Å². The summed E-state index contributed by atoms with van der Waals surface area (Å²) in [4.78, 5) is 12.2. The summed E-state index contributed by atoms with van der Waals surface area (Å²) in [5, 5.41) is 2.79. The molecule has 0 aromatic heterocycles. The molecule has 0 fully saturated rings. The van der Waals surface area contributed by atoms with E-state index >= 15 is 0 Å². The summed E-state index contributed by atoms with van der Waals surface area (Å²) in [5.41, 5.74) is 3.13. The van der Waals surface area contributed by atoms with Crippen molar-refractivity contribution in [3.63, 3.8) is 0 Å². The Morgan fingerprint density at radius 2 is 1.77 bits per heavy atom. The Hall–Kier alpha value is -2.54. The first-order valence-electron chi connectivity index (χ1n) is 8.20. The van der Waals surface area contributed by atoms with Crippen LogP contribution in [0.3, 0.4) is 0 Å². The van der Waals surface area contributed by atoms with Gasteiger partial charge in [0.2, 0.25) is 10.0 Å². The normalized spacial score (nSPS) is 11.1. The molecule has 0 saturated heterocycles. The van der Waals surface area contributed by atoms with Crippen LogP contribution < -0.4 is 14.4 Å². The third kappa shape index (κ3) is 5.23. The van der Waals surface area contributed by atoms with Crippen molar-refractivity contribution in [1.29, 1.82) is 0 Å². The van der Waals surface area contributed by atoms with Crippen LogP contribution >= 0.6 is 0 Å². The molecule has 140 valence electrons. The smallest absolute Gasteiger partial charge is 0.251 e. The van der Waals surface area contributed by atoms with E-state index in [1.54, 1.807) is 24.3 Å². The topological polar surface area (TPSA) is 75.7 Å². The number of ether oxygens (including phenoxy) is 1. The van der Waals surface area contributed by atoms with Gasteiger partial charge in [0.1, 0.15) is 12.4 Å². The van der Waals surface area contributed by atoms with Crippen LogP contribution in [0.4, 0.5) is 5.69 Å². The average Bonchev–Trinajstić information content (AvgIpc) is 2.60. The third-order valence-electron chi connectivity index (χ3n) is 3.98. The molecule has 7 heteroatoms. The summed E-state index contributed by atoms with van der Waals surface area (Å²) in [6.45, 7) is 4.71. The Morgan fingerprint density at radius 3 is 2.38 bits per heavy atom. The maximum atomic E-state index is 12.2. The van der Waals surface area contributed by atoms with Crippen molar-refractivity contribution in [2.75, 3.05) is 30.8 Å². The molecule has 0 radical (unpaired) electrons. The van der Waals surface area contributed by atoms with E-state index in [9.17, 15) is 13.2 Å². The monoisotopic (exact) mass is 376 g/mol. The fourth-order valence-corrected chi connectivity index (χ4v) is 2.81. The van der Waals surface area contributed by atoms with Crippen LogP contribution in [0.25, 0.3) is 0 Å². The summed E-state index contributed by atoms with van der Waals surface area (Å²) in [6, 6.07) is 12.4. The minimum atomic E-state index is -3.32. The highest BCUT2D eigenvalue weighted by Crippen LogP contribution is 2.19. The molecule has 0 heterocycles. The zero-order valence-electron chi connectivity index (χ0n) is 15.4. The molecule has 2 aromatic carbocycles. The number of anilines is 1. The second-order valence-corrected chi connectivity index (χ2v) is 8.16. The van der Waals surface area contributed by atoms with Crippen molar-refractivity contribution in [1.82, 2.24) is 5.32 Å². The summed E-state index contributed by atoms with van der Waals surface area (Å²) in [5.74, 6) is 0.579. The van der Waals surface area contributed by atoms with Gasteiger partial charge in [-0.25, -0.2) is 8.42 Å². The summed E-state index contributed by atoms with van der Waals surface area (Å²) in [7, 11) is -1.86. The molecule has 0 unspecified atom stereocenters. The molecule has 1 amide bonds. The molecule has 0 aliphatic rings. The minimum Gasteiger partial charge on any atom is -0.491 e. The SMILES string of the molecule is Cc1ccc(C)c(OCCNC(=O)c2ccc(N(C)S(C)(=O)=O)cc2)c1. The minimum absolute atomic E-state index is 0.233. The van der Waals surface area contributed by atoms with Gasteiger partial charge in [-0.1, -0.05) is 12.1 Å². The van der Waals surface area contributed by atoms with Crippen LogP contribution in [0, 0.1) is 13.8 Å². The Balaban J connectivity index is 1.87. The van der Waals surface area contributed by atoms with Gasteiger partial charge in [0.05, 0.1) is 18.5 Å². The van der Waals surface area contributed by atoms with Crippen molar-refractivity contribution in [3.05, 3.63) is 59.2 Å². The maximum Gasteiger partial charge on any atom is 0.251 e. The van der Waals surface area contributed by atoms with E-state index in [0.29, 0.717) is 24.4 Å². The number of amides is 1. The molecule has 0 saturated carbocycles. The van der Waals surface area contributed by atoms with Crippen molar-refractivity contribution >= 4 is 21.6 Å². The number of carbonyl (C=O) groups is 1. The second kappa shape index (κ2) is 8.23. The highest BCUT2D eigenvalue weighted by atomic mass is 32.2. The molecule has 26 heavy (non-hydrogen) atoms. The van der Waals surface area contributed by atoms with E-state index in [-0.39, 0.29) is 5.91 Å². The summed E-state index contributed by atoms with van der Waals surface area (Å²) in [6.07, 6.45) is 1.13. The number of rotatable bonds is 7. The predicted octanol–water partition coefficient (Wildman–Crippen LogP) is 2.51. The number of hydrogen-bond acceptors (Lipinski definition) is 4. The van der Waals surface area contributed by atoms with Crippen molar-refractivity contribution < 1.29 is 17.9 Å². The van der Waals surface area contributed by atoms with Crippen molar-refractivity contribution in [3.8, 4) is 5.75 Å². The van der Waals surface area contributed by atoms with Gasteiger partial charge in [-0.3, -0.25) is 9.10 Å². The largest absolute Gasteiger partial charge is 0.491 e. The molecular weight excluding hydrogens is 352 g/mol. The fourth-order valence-electron chi connectivity index (χ4n) is 2.30. The molecule has 6 nitrogen and oxygen atoms in total. The van der Waals surface area contributed by atoms with Crippen molar-refractivity contribution in [2.24, 2.45) is 0 Å². The highest BCUT2D eigenvalue weighted by molar-refractivity contribution is 7.92. The van der Waals surface area contributed by atoms with E-state index in [1.807, 2.05) is 32.0 Å². The number of hydrogen-bond donors (Lipinski definition) is 1. The lowest BCUT2D eigenvalue weighted by Crippen LogP contribution is -2.28. The Kier molecular flexibility index (Phi) is 6.26. The van der Waals surface area contributed by atoms with Crippen LogP contribution in [0.15, 0.2) is 42.5 Å². The third-order valence-corrected chi connectivity index (χ3v) is 5.19. The lowest BCUT2D eigenvalue weighted by atomic mass is 10.1. The first-order valence-corrected chi connectivity index (χ1v) is 10.1. The maximum absolute atomic E-state index is 12.2. The number of nitrogens with one attached hydrogen (secondary N) is 1. The quantitative estimate of drug-likeness (QED) is 0.754. The van der Waals surface area contributed by atoms with E-state index in [1.165, 1.54) is 7.05 Å². The van der Waals surface area contributed by atoms with Crippen LogP contribution in [-0.2, 0) is 10.0 Å². The highest BCUT2D eigenvalue weighted by Gasteiger charge is 2.12. The summed E-state index contributed by atoms with van der Waals surface area (Å²) >= 11 is 0. The van der Waals surface area contributed by atoms with Crippen LogP contribution in [-0.4, -0.2) is 40.8 Å². The Bertz CT molecular complexity index is 877. The molecule has 2 aromatic rings. The number of sulfonamides is 1. The average molecular weight is 376 g/mol. The molecule has 2 rings (SSSR count). The zero-order chi connectivity index (χ0) is 19.3. The molecule has 1 N–H and O–H groups in total. The lowest BCUT2D eigenvalue weighted by molar-refractivity contribution is 0.0947. The summed E-state index contributed by atoms with van der Waals surface area (Å²) < 4.78 is 29.9. The van der Waals surface area contributed by atoms with Gasteiger partial charge in [-0.05, 0) is 55.3 Å². The molecule has 0 aliphatic heterocycles. The van der Waals surface area contributed by atoms with Gasteiger partial charge >= 0.3 is 0 Å². The lowest BCUT2D eigenvalue weighted by Gasteiger charge is -2.16. The first-order chi connectivity index (χ1) is 12.2. The second-order valence-electron chi connectivity index (χ2n) is 6.15. The van der Waals surface area contributed by atoms with Gasteiger partial charge < -0.3 is 10.1 Å². The standard InChI is InChI=1S/C19H24N2O4S/c1-14-5-6-15(2)18(13-14)25-12-11-20-19(22)16-7-9-17(10-8-16)21(3)26(4,23)24/h5-10,13H,11-12H2,1-4H3,(H,20,22). The molecule has 0 atom stereocenters. The van der Waals surface area contributed by atoms with Crippen LogP contribution in [0.2, 0.25) is 0 Å². The number of nitrogens with zero attached hydrogens (tertiary/aromatic N) is 1. The van der Waals surface area contributed by atoms with E-state index in [0.717, 1.165) is 27.4 Å². The number of benzene rings is 2. The van der Waals surface area contributed by atoms with Gasteiger partial charge in [0, 0.05) is 12.6 Å².